The highest BCUT2D eigenvalue weighted by Gasteiger charge is 2.20. The van der Waals surface area contributed by atoms with Crippen LogP contribution in [0.5, 0.6) is 0 Å². The first-order valence-corrected chi connectivity index (χ1v) is 7.50. The summed E-state index contributed by atoms with van der Waals surface area (Å²) < 4.78 is 2.10. The van der Waals surface area contributed by atoms with Crippen LogP contribution in [0.25, 0.3) is 0 Å². The molecule has 0 bridgehead atoms. The van der Waals surface area contributed by atoms with Gasteiger partial charge in [0.2, 0.25) is 0 Å². The Morgan fingerprint density at radius 2 is 2.06 bits per heavy atom. The molecule has 1 unspecified atom stereocenters. The van der Waals surface area contributed by atoms with E-state index in [1.54, 1.807) is 6.20 Å². The van der Waals surface area contributed by atoms with Crippen molar-refractivity contribution in [2.75, 3.05) is 0 Å². The van der Waals surface area contributed by atoms with Crippen LogP contribution < -0.4 is 0 Å². The Bertz CT molecular complexity index is 340. The average molecular weight is 250 g/mol. The topological polar surface area (TPSA) is 38.0 Å². The van der Waals surface area contributed by atoms with E-state index in [-0.39, 0.29) is 6.10 Å². The van der Waals surface area contributed by atoms with Gasteiger partial charge in [0.25, 0.3) is 0 Å². The molecule has 1 aromatic heterocycles. The van der Waals surface area contributed by atoms with Crippen molar-refractivity contribution in [3.63, 3.8) is 0 Å². The van der Waals surface area contributed by atoms with Gasteiger partial charge in [-0.1, -0.05) is 45.4 Å². The average Bonchev–Trinajstić information content (AvgIpc) is 2.67. The standard InChI is InChI=1S/C15H26N2O/c1-2-10-17-11-9-16-15(17)14(18)12-13-7-5-3-4-6-8-13/h9,11,13-14,18H,2-8,10,12H2,1H3. The summed E-state index contributed by atoms with van der Waals surface area (Å²) in [4.78, 5) is 4.34. The lowest BCUT2D eigenvalue weighted by Crippen LogP contribution is -2.12. The second-order valence-corrected chi connectivity index (χ2v) is 5.59. The molecule has 2 rings (SSSR count). The van der Waals surface area contributed by atoms with E-state index in [0.717, 1.165) is 25.2 Å². The van der Waals surface area contributed by atoms with Crippen LogP contribution >= 0.6 is 0 Å². The van der Waals surface area contributed by atoms with Crippen LogP contribution in [0.2, 0.25) is 0 Å². The smallest absolute Gasteiger partial charge is 0.137 e. The number of rotatable bonds is 5. The van der Waals surface area contributed by atoms with E-state index >= 15 is 0 Å². The second-order valence-electron chi connectivity index (χ2n) is 5.59. The van der Waals surface area contributed by atoms with Crippen LogP contribution in [-0.2, 0) is 6.54 Å². The van der Waals surface area contributed by atoms with Crippen molar-refractivity contribution in [1.29, 1.82) is 0 Å². The predicted molar refractivity (Wildman–Crippen MR) is 73.3 cm³/mol. The molecule has 1 aliphatic carbocycles. The van der Waals surface area contributed by atoms with E-state index in [1.807, 2.05) is 6.20 Å². The molecule has 1 aromatic rings. The van der Waals surface area contributed by atoms with Crippen molar-refractivity contribution in [1.82, 2.24) is 9.55 Å². The molecule has 0 saturated heterocycles. The van der Waals surface area contributed by atoms with Gasteiger partial charge in [-0.3, -0.25) is 0 Å². The van der Waals surface area contributed by atoms with Gasteiger partial charge < -0.3 is 9.67 Å². The number of nitrogens with zero attached hydrogens (tertiary/aromatic N) is 2. The van der Waals surface area contributed by atoms with Crippen LogP contribution in [0.15, 0.2) is 12.4 Å². The Hall–Kier alpha value is -0.830. The van der Waals surface area contributed by atoms with Gasteiger partial charge in [-0.25, -0.2) is 4.98 Å². The number of hydrogen-bond donors (Lipinski definition) is 1. The zero-order valence-corrected chi connectivity index (χ0v) is 11.5. The summed E-state index contributed by atoms with van der Waals surface area (Å²) in [5, 5.41) is 10.4. The summed E-state index contributed by atoms with van der Waals surface area (Å²) in [5.74, 6) is 1.55. The molecule has 0 aromatic carbocycles. The monoisotopic (exact) mass is 250 g/mol. The van der Waals surface area contributed by atoms with Crippen LogP contribution in [0.1, 0.15) is 70.2 Å². The van der Waals surface area contributed by atoms with E-state index in [4.69, 9.17) is 0 Å². The molecule has 1 saturated carbocycles. The Labute approximate surface area is 110 Å². The molecule has 1 fully saturated rings. The first kappa shape index (κ1) is 13.6. The summed E-state index contributed by atoms with van der Waals surface area (Å²) >= 11 is 0. The van der Waals surface area contributed by atoms with Crippen molar-refractivity contribution < 1.29 is 5.11 Å². The summed E-state index contributed by atoms with van der Waals surface area (Å²) in [5.41, 5.74) is 0. The van der Waals surface area contributed by atoms with Crippen LogP contribution in [0.3, 0.4) is 0 Å². The summed E-state index contributed by atoms with van der Waals surface area (Å²) in [6, 6.07) is 0. The van der Waals surface area contributed by atoms with Gasteiger partial charge in [-0.15, -0.1) is 0 Å². The van der Waals surface area contributed by atoms with E-state index in [1.165, 1.54) is 38.5 Å². The van der Waals surface area contributed by atoms with Gasteiger partial charge in [-0.2, -0.15) is 0 Å². The van der Waals surface area contributed by atoms with Crippen molar-refractivity contribution in [3.05, 3.63) is 18.2 Å². The summed E-state index contributed by atoms with van der Waals surface area (Å²) in [6.07, 6.45) is 13.4. The zero-order valence-electron chi connectivity index (χ0n) is 11.5. The maximum atomic E-state index is 10.4. The first-order valence-electron chi connectivity index (χ1n) is 7.50. The Balaban J connectivity index is 1.93. The SMILES string of the molecule is CCCn1ccnc1C(O)CC1CCCCCC1. The number of aromatic nitrogens is 2. The van der Waals surface area contributed by atoms with E-state index in [9.17, 15) is 5.11 Å². The number of hydrogen-bond acceptors (Lipinski definition) is 2. The van der Waals surface area contributed by atoms with Crippen LogP contribution in [0.4, 0.5) is 0 Å². The summed E-state index contributed by atoms with van der Waals surface area (Å²) in [6.45, 7) is 3.11. The maximum absolute atomic E-state index is 10.4. The zero-order chi connectivity index (χ0) is 12.8. The third-order valence-electron chi connectivity index (χ3n) is 4.04. The van der Waals surface area contributed by atoms with Gasteiger partial charge in [0.1, 0.15) is 11.9 Å². The summed E-state index contributed by atoms with van der Waals surface area (Å²) in [7, 11) is 0. The molecule has 1 N–H and O–H groups in total. The predicted octanol–water partition coefficient (Wildman–Crippen LogP) is 3.69. The molecule has 102 valence electrons. The first-order chi connectivity index (χ1) is 8.81. The van der Waals surface area contributed by atoms with Crippen LogP contribution in [-0.4, -0.2) is 14.7 Å². The van der Waals surface area contributed by atoms with Crippen molar-refractivity contribution >= 4 is 0 Å². The second kappa shape index (κ2) is 6.93. The lowest BCUT2D eigenvalue weighted by atomic mass is 9.93. The molecule has 18 heavy (non-hydrogen) atoms. The molecule has 0 aliphatic heterocycles. The van der Waals surface area contributed by atoms with E-state index in [2.05, 4.69) is 16.5 Å². The number of aliphatic hydroxyl groups is 1. The van der Waals surface area contributed by atoms with Gasteiger partial charge in [-0.05, 0) is 18.8 Å². The highest BCUT2D eigenvalue weighted by atomic mass is 16.3. The van der Waals surface area contributed by atoms with Gasteiger partial charge >= 0.3 is 0 Å². The fourth-order valence-electron chi connectivity index (χ4n) is 3.07. The highest BCUT2D eigenvalue weighted by molar-refractivity contribution is 4.97. The molecule has 0 radical (unpaired) electrons. The lowest BCUT2D eigenvalue weighted by molar-refractivity contribution is 0.126. The minimum Gasteiger partial charge on any atom is -0.385 e. The van der Waals surface area contributed by atoms with Crippen molar-refractivity contribution in [2.24, 2.45) is 5.92 Å². The number of aliphatic hydroxyl groups excluding tert-OH is 1. The fourth-order valence-corrected chi connectivity index (χ4v) is 3.07. The number of aryl methyl sites for hydroxylation is 1. The molecule has 1 atom stereocenters. The van der Waals surface area contributed by atoms with Crippen molar-refractivity contribution in [2.45, 2.75) is 70.9 Å². The molecular formula is C15H26N2O. The minimum atomic E-state index is -0.380. The van der Waals surface area contributed by atoms with Gasteiger partial charge in [0.15, 0.2) is 0 Å². The van der Waals surface area contributed by atoms with Crippen LogP contribution in [0, 0.1) is 5.92 Å². The Morgan fingerprint density at radius 1 is 1.33 bits per heavy atom. The highest BCUT2D eigenvalue weighted by Crippen LogP contribution is 2.30. The fraction of sp³-hybridized carbons (Fsp3) is 0.800. The van der Waals surface area contributed by atoms with E-state index < -0.39 is 0 Å². The molecule has 3 nitrogen and oxygen atoms in total. The van der Waals surface area contributed by atoms with Gasteiger partial charge in [0.05, 0.1) is 0 Å². The lowest BCUT2D eigenvalue weighted by Gasteiger charge is -2.19. The third kappa shape index (κ3) is 3.58. The molecular weight excluding hydrogens is 224 g/mol. The van der Waals surface area contributed by atoms with E-state index in [0.29, 0.717) is 5.92 Å². The molecule has 0 amide bonds. The quantitative estimate of drug-likeness (QED) is 0.809. The molecule has 1 heterocycles. The molecule has 1 aliphatic rings. The molecule has 0 spiro atoms. The normalized spacial score (nSPS) is 19.7. The maximum Gasteiger partial charge on any atom is 0.137 e. The molecule has 3 heteroatoms. The van der Waals surface area contributed by atoms with Gasteiger partial charge in [0, 0.05) is 18.9 Å². The Kier molecular flexibility index (Phi) is 5.24. The third-order valence-corrected chi connectivity index (χ3v) is 4.04. The minimum absolute atomic E-state index is 0.380. The Morgan fingerprint density at radius 3 is 2.72 bits per heavy atom. The largest absolute Gasteiger partial charge is 0.385 e. The van der Waals surface area contributed by atoms with Crippen molar-refractivity contribution in [3.8, 4) is 0 Å². The number of imidazole rings is 1.